The van der Waals surface area contributed by atoms with Crippen LogP contribution in [0.15, 0.2) is 24.3 Å². The summed E-state index contributed by atoms with van der Waals surface area (Å²) in [5.41, 5.74) is 1.70. The van der Waals surface area contributed by atoms with Gasteiger partial charge in [-0.2, -0.15) is 0 Å². The lowest BCUT2D eigenvalue weighted by Crippen LogP contribution is -2.46. The minimum absolute atomic E-state index is 0.00802. The molecule has 2 aliphatic carbocycles. The molecule has 1 aromatic carbocycles. The number of nitrogens with one attached hydrogen (secondary N) is 1. The first-order valence-electron chi connectivity index (χ1n) is 9.49. The number of rotatable bonds is 3. The topological polar surface area (TPSA) is 69.7 Å². The van der Waals surface area contributed by atoms with Crippen molar-refractivity contribution in [2.24, 2.45) is 0 Å². The van der Waals surface area contributed by atoms with E-state index in [0.717, 1.165) is 37.0 Å². The van der Waals surface area contributed by atoms with Crippen molar-refractivity contribution in [1.82, 2.24) is 15.1 Å². The van der Waals surface area contributed by atoms with E-state index in [1.807, 2.05) is 12.1 Å². The zero-order valence-electron chi connectivity index (χ0n) is 15.2. The number of urea groups is 1. The van der Waals surface area contributed by atoms with Crippen LogP contribution in [0, 0.1) is 0 Å². The first-order valence-corrected chi connectivity index (χ1v) is 9.49. The van der Waals surface area contributed by atoms with Gasteiger partial charge in [0.1, 0.15) is 12.1 Å². The van der Waals surface area contributed by atoms with Crippen molar-refractivity contribution in [3.05, 3.63) is 35.4 Å². The van der Waals surface area contributed by atoms with Crippen LogP contribution in [0.1, 0.15) is 55.7 Å². The Hall–Kier alpha value is -2.37. The van der Waals surface area contributed by atoms with E-state index in [0.29, 0.717) is 12.8 Å². The maximum Gasteiger partial charge on any atom is 0.325 e. The number of benzene rings is 1. The van der Waals surface area contributed by atoms with E-state index < -0.39 is 11.6 Å². The minimum atomic E-state index is -0.757. The molecule has 4 rings (SSSR count). The summed E-state index contributed by atoms with van der Waals surface area (Å²) in [6, 6.07) is 7.79. The maximum atomic E-state index is 12.9. The molecule has 4 amide bonds. The predicted molar refractivity (Wildman–Crippen MR) is 96.3 cm³/mol. The minimum Gasteiger partial charge on any atom is -0.337 e. The molecule has 0 radical (unpaired) electrons. The lowest BCUT2D eigenvalue weighted by molar-refractivity contribution is -0.139. The van der Waals surface area contributed by atoms with Gasteiger partial charge in [0.05, 0.1) is 6.04 Å². The number of carbonyl (C=O) groups excluding carboxylic acids is 3. The molecule has 1 spiro atoms. The fourth-order valence-electron chi connectivity index (χ4n) is 4.69. The fourth-order valence-corrected chi connectivity index (χ4v) is 4.69. The second kappa shape index (κ2) is 6.41. The van der Waals surface area contributed by atoms with E-state index in [2.05, 4.69) is 17.4 Å². The molecule has 1 aliphatic heterocycles. The summed E-state index contributed by atoms with van der Waals surface area (Å²) in [6.45, 7) is -0.179. The Bertz CT molecular complexity index is 754. The van der Waals surface area contributed by atoms with E-state index in [4.69, 9.17) is 0 Å². The van der Waals surface area contributed by atoms with E-state index in [1.165, 1.54) is 11.1 Å². The lowest BCUT2D eigenvalue weighted by atomic mass is 9.87. The Morgan fingerprint density at radius 1 is 1.23 bits per heavy atom. The third-order valence-electron chi connectivity index (χ3n) is 6.20. The summed E-state index contributed by atoms with van der Waals surface area (Å²) in [6.07, 6.45) is 6.19. The van der Waals surface area contributed by atoms with Gasteiger partial charge in [0.2, 0.25) is 5.91 Å². The monoisotopic (exact) mass is 355 g/mol. The number of carbonyl (C=O) groups is 3. The number of hydrogen-bond donors (Lipinski definition) is 1. The smallest absolute Gasteiger partial charge is 0.325 e. The largest absolute Gasteiger partial charge is 0.337 e. The highest BCUT2D eigenvalue weighted by atomic mass is 16.2. The Kier molecular flexibility index (Phi) is 4.21. The van der Waals surface area contributed by atoms with Crippen molar-refractivity contribution in [3.63, 3.8) is 0 Å². The first kappa shape index (κ1) is 17.1. The standard InChI is InChI=1S/C20H25N3O3/c1-22(16-10-6-8-14-7-2-3-9-15(14)16)17(24)13-23-18(25)20(21-19(23)26)11-4-5-12-20/h2-3,7,9,16H,4-6,8,10-13H2,1H3,(H,21,26)/t16-/m1/s1. The second-order valence-corrected chi connectivity index (χ2v) is 7.72. The highest BCUT2D eigenvalue weighted by molar-refractivity contribution is 6.09. The summed E-state index contributed by atoms with van der Waals surface area (Å²) in [5, 5.41) is 2.84. The summed E-state index contributed by atoms with van der Waals surface area (Å²) in [4.78, 5) is 40.7. The molecule has 1 atom stereocenters. The summed E-state index contributed by atoms with van der Waals surface area (Å²) < 4.78 is 0. The molecule has 1 N–H and O–H groups in total. The molecule has 1 heterocycles. The van der Waals surface area contributed by atoms with Crippen molar-refractivity contribution in [1.29, 1.82) is 0 Å². The summed E-state index contributed by atoms with van der Waals surface area (Å²) in [5.74, 6) is -0.420. The molecule has 0 bridgehead atoms. The van der Waals surface area contributed by atoms with Gasteiger partial charge in [-0.3, -0.25) is 14.5 Å². The molecule has 2 fully saturated rings. The van der Waals surface area contributed by atoms with Crippen LogP contribution in [-0.4, -0.2) is 46.8 Å². The quantitative estimate of drug-likeness (QED) is 0.847. The van der Waals surface area contributed by atoms with Crippen LogP contribution in [0.25, 0.3) is 0 Å². The Balaban J connectivity index is 1.49. The van der Waals surface area contributed by atoms with Crippen LogP contribution in [0.3, 0.4) is 0 Å². The average Bonchev–Trinajstić information content (AvgIpc) is 3.21. The number of aryl methyl sites for hydroxylation is 1. The van der Waals surface area contributed by atoms with Crippen molar-refractivity contribution in [3.8, 4) is 0 Å². The van der Waals surface area contributed by atoms with Gasteiger partial charge in [-0.25, -0.2) is 4.79 Å². The molecular formula is C20H25N3O3. The molecular weight excluding hydrogens is 330 g/mol. The van der Waals surface area contributed by atoms with Crippen LogP contribution in [-0.2, 0) is 16.0 Å². The van der Waals surface area contributed by atoms with Crippen LogP contribution in [0.4, 0.5) is 4.79 Å². The fraction of sp³-hybridized carbons (Fsp3) is 0.550. The maximum absolute atomic E-state index is 12.9. The van der Waals surface area contributed by atoms with Crippen LogP contribution >= 0.6 is 0 Å². The van der Waals surface area contributed by atoms with Crippen LogP contribution in [0.5, 0.6) is 0 Å². The third kappa shape index (κ3) is 2.68. The summed E-state index contributed by atoms with van der Waals surface area (Å²) >= 11 is 0. The van der Waals surface area contributed by atoms with Gasteiger partial charge in [-0.15, -0.1) is 0 Å². The molecule has 1 saturated heterocycles. The Morgan fingerprint density at radius 2 is 1.96 bits per heavy atom. The molecule has 26 heavy (non-hydrogen) atoms. The van der Waals surface area contributed by atoms with Crippen molar-refractivity contribution in [2.75, 3.05) is 13.6 Å². The number of imide groups is 1. The first-order chi connectivity index (χ1) is 12.5. The second-order valence-electron chi connectivity index (χ2n) is 7.72. The lowest BCUT2D eigenvalue weighted by Gasteiger charge is -2.34. The van der Waals surface area contributed by atoms with Crippen LogP contribution < -0.4 is 5.32 Å². The zero-order chi connectivity index (χ0) is 18.3. The molecule has 6 heteroatoms. The van der Waals surface area contributed by atoms with Gasteiger partial charge in [0, 0.05) is 7.05 Å². The average molecular weight is 355 g/mol. The van der Waals surface area contributed by atoms with Crippen molar-refractivity contribution >= 4 is 17.8 Å². The molecule has 6 nitrogen and oxygen atoms in total. The van der Waals surface area contributed by atoms with Crippen LogP contribution in [0.2, 0.25) is 0 Å². The van der Waals surface area contributed by atoms with Crippen molar-refractivity contribution in [2.45, 2.75) is 56.5 Å². The Morgan fingerprint density at radius 3 is 2.73 bits per heavy atom. The number of amides is 4. The number of hydrogen-bond acceptors (Lipinski definition) is 3. The third-order valence-corrected chi connectivity index (χ3v) is 6.20. The van der Waals surface area contributed by atoms with Gasteiger partial charge < -0.3 is 10.2 Å². The van der Waals surface area contributed by atoms with E-state index in [9.17, 15) is 14.4 Å². The van der Waals surface area contributed by atoms with E-state index in [1.54, 1.807) is 11.9 Å². The number of fused-ring (bicyclic) bond motifs is 1. The van der Waals surface area contributed by atoms with Gasteiger partial charge in [0.25, 0.3) is 5.91 Å². The predicted octanol–water partition coefficient (Wildman–Crippen LogP) is 2.39. The van der Waals surface area contributed by atoms with E-state index >= 15 is 0 Å². The van der Waals surface area contributed by atoms with Crippen molar-refractivity contribution < 1.29 is 14.4 Å². The molecule has 138 valence electrons. The molecule has 1 saturated carbocycles. The normalized spacial score (nSPS) is 23.9. The zero-order valence-corrected chi connectivity index (χ0v) is 15.2. The molecule has 0 aromatic heterocycles. The molecule has 1 aromatic rings. The highest BCUT2D eigenvalue weighted by Crippen LogP contribution is 2.36. The molecule has 0 unspecified atom stereocenters. The van der Waals surface area contributed by atoms with Gasteiger partial charge in [-0.05, 0) is 43.2 Å². The number of nitrogens with zero attached hydrogens (tertiary/aromatic N) is 2. The van der Waals surface area contributed by atoms with Gasteiger partial charge in [-0.1, -0.05) is 37.1 Å². The van der Waals surface area contributed by atoms with Gasteiger partial charge in [0.15, 0.2) is 0 Å². The Labute approximate surface area is 153 Å². The van der Waals surface area contributed by atoms with E-state index in [-0.39, 0.29) is 24.4 Å². The number of likely N-dealkylation sites (N-methyl/N-ethyl adjacent to an activating group) is 1. The molecule has 3 aliphatic rings. The summed E-state index contributed by atoms with van der Waals surface area (Å²) in [7, 11) is 1.78. The highest BCUT2D eigenvalue weighted by Gasteiger charge is 2.52. The van der Waals surface area contributed by atoms with Gasteiger partial charge >= 0.3 is 6.03 Å². The SMILES string of the molecule is CN(C(=O)CN1C(=O)NC2(CCCC2)C1=O)[C@@H]1CCCc2ccccc21.